The second kappa shape index (κ2) is 5.04. The minimum absolute atomic E-state index is 0.230. The molecule has 0 bridgehead atoms. The smallest absolute Gasteiger partial charge is 0.251 e. The van der Waals surface area contributed by atoms with Crippen LogP contribution in [0.2, 0.25) is 0 Å². The van der Waals surface area contributed by atoms with Gasteiger partial charge in [-0.25, -0.2) is 9.67 Å². The lowest BCUT2D eigenvalue weighted by Gasteiger charge is -2.20. The fraction of sp³-hybridized carbons (Fsp3) is 0.308. The third kappa shape index (κ3) is 2.51. The molecule has 3 heterocycles. The van der Waals surface area contributed by atoms with Gasteiger partial charge in [0.25, 0.3) is 5.91 Å². The summed E-state index contributed by atoms with van der Waals surface area (Å²) in [4.78, 5) is 26.5. The maximum atomic E-state index is 13.7. The fourth-order valence-corrected chi connectivity index (χ4v) is 2.22. The highest BCUT2D eigenvalue weighted by molar-refractivity contribution is 5.99. The van der Waals surface area contributed by atoms with Crippen molar-refractivity contribution in [3.05, 3.63) is 30.0 Å². The van der Waals surface area contributed by atoms with E-state index in [4.69, 9.17) is 0 Å². The Labute approximate surface area is 119 Å². The molecule has 2 aromatic rings. The van der Waals surface area contributed by atoms with Crippen LogP contribution in [0.3, 0.4) is 0 Å². The summed E-state index contributed by atoms with van der Waals surface area (Å²) in [5.74, 6) is -1.37. The first-order valence-corrected chi connectivity index (χ1v) is 6.42. The summed E-state index contributed by atoms with van der Waals surface area (Å²) in [5, 5.41) is 9.99. The van der Waals surface area contributed by atoms with Crippen LogP contribution in [-0.4, -0.2) is 31.8 Å². The zero-order valence-electron chi connectivity index (χ0n) is 11.2. The Hall–Kier alpha value is -2.64. The van der Waals surface area contributed by atoms with E-state index in [1.807, 2.05) is 0 Å². The number of hydrogen-bond acceptors (Lipinski definition) is 5. The van der Waals surface area contributed by atoms with Crippen LogP contribution in [0.25, 0.3) is 11.3 Å². The quantitative estimate of drug-likeness (QED) is 0.651. The molecule has 108 valence electrons. The highest BCUT2D eigenvalue weighted by Gasteiger charge is 2.29. The number of hydrogen-bond donors (Lipinski definition) is 1. The molecular formula is C13H12FN5O2. The van der Waals surface area contributed by atoms with E-state index in [1.165, 1.54) is 17.1 Å². The molecule has 1 fully saturated rings. The molecule has 0 aromatic carbocycles. The van der Waals surface area contributed by atoms with Gasteiger partial charge in [0.05, 0.1) is 11.8 Å². The number of imide groups is 1. The second-order valence-corrected chi connectivity index (χ2v) is 4.90. The molecule has 0 radical (unpaired) electrons. The van der Waals surface area contributed by atoms with Gasteiger partial charge in [-0.2, -0.15) is 4.39 Å². The van der Waals surface area contributed by atoms with Gasteiger partial charge < -0.3 is 0 Å². The molecule has 1 saturated heterocycles. The van der Waals surface area contributed by atoms with Crippen LogP contribution in [0.5, 0.6) is 0 Å². The zero-order valence-corrected chi connectivity index (χ0v) is 11.2. The molecule has 21 heavy (non-hydrogen) atoms. The molecule has 0 spiro atoms. The van der Waals surface area contributed by atoms with Crippen molar-refractivity contribution < 1.29 is 14.0 Å². The lowest BCUT2D eigenvalue weighted by molar-refractivity contribution is -0.136. The predicted molar refractivity (Wildman–Crippen MR) is 69.4 cm³/mol. The van der Waals surface area contributed by atoms with E-state index < -0.39 is 17.9 Å². The van der Waals surface area contributed by atoms with Gasteiger partial charge in [0.1, 0.15) is 11.7 Å². The van der Waals surface area contributed by atoms with Gasteiger partial charge in [-0.1, -0.05) is 5.21 Å². The molecule has 0 saturated carbocycles. The van der Waals surface area contributed by atoms with Gasteiger partial charge >= 0.3 is 0 Å². The monoisotopic (exact) mass is 289 g/mol. The maximum absolute atomic E-state index is 13.7. The van der Waals surface area contributed by atoms with Crippen molar-refractivity contribution in [2.75, 3.05) is 0 Å². The maximum Gasteiger partial charge on any atom is 0.251 e. The van der Waals surface area contributed by atoms with Crippen LogP contribution in [0.1, 0.15) is 24.4 Å². The number of pyridine rings is 1. The number of aryl methyl sites for hydroxylation is 1. The van der Waals surface area contributed by atoms with Gasteiger partial charge in [-0.05, 0) is 25.0 Å². The lowest BCUT2D eigenvalue weighted by atomic mass is 10.1. The SMILES string of the molecule is Cc1cnc(F)c(-c2cn(C3CCC(=O)NC3=O)nn2)c1. The number of carbonyl (C=O) groups is 2. The van der Waals surface area contributed by atoms with Crippen LogP contribution in [-0.2, 0) is 9.59 Å². The molecule has 1 N–H and O–H groups in total. The highest BCUT2D eigenvalue weighted by atomic mass is 19.1. The molecule has 1 unspecified atom stereocenters. The van der Waals surface area contributed by atoms with E-state index in [2.05, 4.69) is 20.6 Å². The summed E-state index contributed by atoms with van der Waals surface area (Å²) in [6.07, 6.45) is 3.50. The second-order valence-electron chi connectivity index (χ2n) is 4.90. The van der Waals surface area contributed by atoms with Crippen molar-refractivity contribution in [2.24, 2.45) is 0 Å². The van der Waals surface area contributed by atoms with Gasteiger partial charge in [-0.3, -0.25) is 14.9 Å². The Morgan fingerprint density at radius 2 is 2.24 bits per heavy atom. The summed E-state index contributed by atoms with van der Waals surface area (Å²) in [6, 6.07) is 1.01. The number of carbonyl (C=O) groups excluding carboxylic acids is 2. The van der Waals surface area contributed by atoms with Crippen molar-refractivity contribution in [1.29, 1.82) is 0 Å². The van der Waals surface area contributed by atoms with Crippen molar-refractivity contribution in [3.8, 4) is 11.3 Å². The number of amides is 2. The molecule has 3 rings (SSSR count). The predicted octanol–water partition coefficient (Wildman–Crippen LogP) is 0.765. The van der Waals surface area contributed by atoms with Crippen LogP contribution < -0.4 is 5.32 Å². The standard InChI is InChI=1S/C13H12FN5O2/c1-7-4-8(12(14)15-5-7)9-6-19(18-17-9)10-2-3-11(20)16-13(10)21/h4-6,10H,2-3H2,1H3,(H,16,20,21). The summed E-state index contributed by atoms with van der Waals surface area (Å²) in [6.45, 7) is 1.79. The van der Waals surface area contributed by atoms with E-state index in [-0.39, 0.29) is 17.9 Å². The van der Waals surface area contributed by atoms with Crippen LogP contribution in [0.15, 0.2) is 18.5 Å². The van der Waals surface area contributed by atoms with Gasteiger partial charge in [0, 0.05) is 12.6 Å². The number of piperidine rings is 1. The van der Waals surface area contributed by atoms with Crippen molar-refractivity contribution >= 4 is 11.8 Å². The molecule has 2 aromatic heterocycles. The van der Waals surface area contributed by atoms with Gasteiger partial charge in [-0.15, -0.1) is 5.10 Å². The highest BCUT2D eigenvalue weighted by Crippen LogP contribution is 2.23. The van der Waals surface area contributed by atoms with E-state index in [0.29, 0.717) is 12.1 Å². The molecule has 2 amide bonds. The zero-order chi connectivity index (χ0) is 15.0. The number of nitrogens with one attached hydrogen (secondary N) is 1. The number of rotatable bonds is 2. The molecule has 1 aliphatic heterocycles. The van der Waals surface area contributed by atoms with Crippen LogP contribution >= 0.6 is 0 Å². The molecule has 0 aliphatic carbocycles. The van der Waals surface area contributed by atoms with E-state index >= 15 is 0 Å². The average molecular weight is 289 g/mol. The molecule has 1 aliphatic rings. The molecular weight excluding hydrogens is 277 g/mol. The average Bonchev–Trinajstić information content (AvgIpc) is 2.91. The Morgan fingerprint density at radius 1 is 1.43 bits per heavy atom. The molecule has 8 heteroatoms. The van der Waals surface area contributed by atoms with Crippen LogP contribution in [0.4, 0.5) is 4.39 Å². The largest absolute Gasteiger partial charge is 0.295 e. The first-order valence-electron chi connectivity index (χ1n) is 6.42. The third-order valence-electron chi connectivity index (χ3n) is 3.29. The summed E-state index contributed by atoms with van der Waals surface area (Å²) < 4.78 is 15.1. The first-order chi connectivity index (χ1) is 10.0. The van der Waals surface area contributed by atoms with Crippen molar-refractivity contribution in [3.63, 3.8) is 0 Å². The number of nitrogens with zero attached hydrogens (tertiary/aromatic N) is 4. The van der Waals surface area contributed by atoms with Gasteiger partial charge in [0.2, 0.25) is 11.9 Å². The Bertz CT molecular complexity index is 727. The van der Waals surface area contributed by atoms with Gasteiger partial charge in [0.15, 0.2) is 0 Å². The van der Waals surface area contributed by atoms with E-state index in [0.717, 1.165) is 5.56 Å². The Kier molecular flexibility index (Phi) is 3.20. The fourth-order valence-electron chi connectivity index (χ4n) is 2.22. The molecule has 7 nitrogen and oxygen atoms in total. The minimum atomic E-state index is -0.643. The summed E-state index contributed by atoms with van der Waals surface area (Å²) in [7, 11) is 0. The van der Waals surface area contributed by atoms with Crippen molar-refractivity contribution in [1.82, 2.24) is 25.3 Å². The third-order valence-corrected chi connectivity index (χ3v) is 3.29. The van der Waals surface area contributed by atoms with Crippen molar-refractivity contribution in [2.45, 2.75) is 25.8 Å². The van der Waals surface area contributed by atoms with E-state index in [9.17, 15) is 14.0 Å². The topological polar surface area (TPSA) is 89.8 Å². The Balaban J connectivity index is 1.91. The first kappa shape index (κ1) is 13.3. The summed E-state index contributed by atoms with van der Waals surface area (Å²) >= 11 is 0. The Morgan fingerprint density at radius 3 is 3.00 bits per heavy atom. The number of aromatic nitrogens is 4. The minimum Gasteiger partial charge on any atom is -0.295 e. The number of halogens is 1. The summed E-state index contributed by atoms with van der Waals surface area (Å²) in [5.41, 5.74) is 1.32. The van der Waals surface area contributed by atoms with E-state index in [1.54, 1.807) is 13.0 Å². The molecule has 1 atom stereocenters. The lowest BCUT2D eigenvalue weighted by Crippen LogP contribution is -2.41. The van der Waals surface area contributed by atoms with Crippen LogP contribution in [0, 0.1) is 12.9 Å². The normalized spacial score (nSPS) is 18.7.